The number of aliphatic hydroxyl groups is 1. The zero-order valence-corrected chi connectivity index (χ0v) is 14.8. The molecule has 1 rings (SSSR count). The van der Waals surface area contributed by atoms with Gasteiger partial charge in [0.2, 0.25) is 7.37 Å². The minimum Gasteiger partial charge on any atom is -0.391 e. The Morgan fingerprint density at radius 2 is 1.94 bits per heavy atom. The Balaban J connectivity index is 2.31. The summed E-state index contributed by atoms with van der Waals surface area (Å²) in [5.74, 6) is 0.385. The van der Waals surface area contributed by atoms with Crippen molar-refractivity contribution in [1.82, 2.24) is 5.09 Å². The van der Waals surface area contributed by atoms with Crippen LogP contribution in [0.25, 0.3) is 0 Å². The second-order valence-electron chi connectivity index (χ2n) is 5.14. The first-order chi connectivity index (χ1) is 8.39. The number of rotatable bonds is 7. The van der Waals surface area contributed by atoms with E-state index in [-0.39, 0.29) is 6.16 Å². The molecule has 0 aromatic carbocycles. The molecule has 0 aromatic rings. The quantitative estimate of drug-likeness (QED) is 0.628. The summed E-state index contributed by atoms with van der Waals surface area (Å²) in [6, 6.07) is 0. The number of nitrogens with one attached hydrogen (secondary N) is 1. The van der Waals surface area contributed by atoms with Crippen molar-refractivity contribution < 1.29 is 14.6 Å². The van der Waals surface area contributed by atoms with Gasteiger partial charge in [-0.2, -0.15) is 0 Å². The SMILES string of the molecule is O=P(O)(CC1CCCCC1)C[C@H](O)CNP(P)P. The van der Waals surface area contributed by atoms with E-state index < -0.39 is 20.9 Å². The molecule has 1 aliphatic rings. The maximum atomic E-state index is 12.1. The highest BCUT2D eigenvalue weighted by molar-refractivity contribution is 8.42. The second-order valence-corrected chi connectivity index (χ2v) is 13.8. The van der Waals surface area contributed by atoms with Gasteiger partial charge >= 0.3 is 0 Å². The summed E-state index contributed by atoms with van der Waals surface area (Å²) in [7, 11) is 1.60. The molecule has 1 aliphatic carbocycles. The molecule has 0 radical (unpaired) electrons. The van der Waals surface area contributed by atoms with Crippen LogP contribution >= 0.6 is 32.7 Å². The third-order valence-electron chi connectivity index (χ3n) is 3.27. The van der Waals surface area contributed by atoms with E-state index in [0.29, 0.717) is 18.6 Å². The van der Waals surface area contributed by atoms with Crippen molar-refractivity contribution in [1.29, 1.82) is 0 Å². The normalized spacial score (nSPS) is 22.9. The fraction of sp³-hybridized carbons (Fsp3) is 1.00. The largest absolute Gasteiger partial charge is 0.391 e. The van der Waals surface area contributed by atoms with Crippen LogP contribution in [0.2, 0.25) is 0 Å². The summed E-state index contributed by atoms with van der Waals surface area (Å²) in [4.78, 5) is 9.97. The zero-order chi connectivity index (χ0) is 13.6. The number of hydrogen-bond donors (Lipinski definition) is 3. The van der Waals surface area contributed by atoms with Gasteiger partial charge in [-0.1, -0.05) is 37.1 Å². The molecule has 0 aliphatic heterocycles. The molecule has 1 saturated carbocycles. The molecule has 4 atom stereocenters. The van der Waals surface area contributed by atoms with Crippen LogP contribution in [-0.4, -0.2) is 35.0 Å². The van der Waals surface area contributed by atoms with E-state index in [1.165, 1.54) is 19.3 Å². The van der Waals surface area contributed by atoms with E-state index in [1.807, 2.05) is 0 Å². The van der Waals surface area contributed by atoms with Crippen LogP contribution in [0.1, 0.15) is 32.1 Å². The highest BCUT2D eigenvalue weighted by Crippen LogP contribution is 2.49. The third-order valence-corrected chi connectivity index (χ3v) is 7.00. The minimum atomic E-state index is -3.17. The minimum absolute atomic E-state index is 0.0228. The molecule has 3 N–H and O–H groups in total. The standard InChI is InChI=1S/C10H25NO3P4/c12-10(6-11-17(15)16)8-18(13,14)7-9-4-2-1-3-5-9/h9-12H,1-8,15-16H2,(H,13,14)/t10-/m1/s1. The molecule has 0 bridgehead atoms. The lowest BCUT2D eigenvalue weighted by atomic mass is 9.91. The van der Waals surface area contributed by atoms with Crippen molar-refractivity contribution in [3.05, 3.63) is 0 Å². The van der Waals surface area contributed by atoms with Crippen molar-refractivity contribution in [2.45, 2.75) is 38.2 Å². The van der Waals surface area contributed by atoms with Crippen LogP contribution in [0.3, 0.4) is 0 Å². The van der Waals surface area contributed by atoms with Crippen LogP contribution in [0.15, 0.2) is 0 Å². The van der Waals surface area contributed by atoms with E-state index in [1.54, 1.807) is 0 Å². The highest BCUT2D eigenvalue weighted by atomic mass is 32.4. The second kappa shape index (κ2) is 8.63. The van der Waals surface area contributed by atoms with Gasteiger partial charge in [-0.05, 0) is 26.2 Å². The molecule has 3 unspecified atom stereocenters. The summed E-state index contributed by atoms with van der Waals surface area (Å²) < 4.78 is 12.1. The Hall–Kier alpha value is 1.40. The Kier molecular flexibility index (Phi) is 8.37. The first kappa shape index (κ1) is 17.5. The van der Waals surface area contributed by atoms with E-state index in [2.05, 4.69) is 22.9 Å². The summed E-state index contributed by atoms with van der Waals surface area (Å²) in [6.45, 7) is 0.383. The average molecular weight is 331 g/mol. The van der Waals surface area contributed by atoms with E-state index in [0.717, 1.165) is 12.8 Å². The predicted molar refractivity (Wildman–Crippen MR) is 86.5 cm³/mol. The first-order valence-corrected chi connectivity index (χ1v) is 13.0. The van der Waals surface area contributed by atoms with Crippen molar-refractivity contribution >= 4 is 32.7 Å². The van der Waals surface area contributed by atoms with Crippen LogP contribution in [0.4, 0.5) is 0 Å². The average Bonchev–Trinajstić information content (AvgIpc) is 2.26. The van der Waals surface area contributed by atoms with Crippen LogP contribution in [0.5, 0.6) is 0 Å². The molecule has 0 saturated heterocycles. The Morgan fingerprint density at radius 1 is 1.33 bits per heavy atom. The van der Waals surface area contributed by atoms with Crippen LogP contribution < -0.4 is 5.09 Å². The molecule has 4 nitrogen and oxygen atoms in total. The van der Waals surface area contributed by atoms with E-state index in [9.17, 15) is 14.6 Å². The van der Waals surface area contributed by atoms with Gasteiger partial charge in [0.15, 0.2) is 0 Å². The smallest absolute Gasteiger partial charge is 0.203 e. The van der Waals surface area contributed by atoms with Gasteiger partial charge in [0.1, 0.15) is 0 Å². The molecule has 108 valence electrons. The summed E-state index contributed by atoms with van der Waals surface area (Å²) in [6.07, 6.45) is 5.44. The molecule has 0 amide bonds. The van der Waals surface area contributed by atoms with Crippen LogP contribution in [-0.2, 0) is 4.57 Å². The summed E-state index contributed by atoms with van der Waals surface area (Å²) >= 11 is 0. The highest BCUT2D eigenvalue weighted by Gasteiger charge is 2.27. The Morgan fingerprint density at radius 3 is 2.50 bits per heavy atom. The predicted octanol–water partition coefficient (Wildman–Crippen LogP) is 2.76. The topological polar surface area (TPSA) is 69.6 Å². The maximum Gasteiger partial charge on any atom is 0.203 e. The third kappa shape index (κ3) is 7.86. The maximum absolute atomic E-state index is 12.1. The molecule has 8 heteroatoms. The molecular weight excluding hydrogens is 306 g/mol. The fourth-order valence-electron chi connectivity index (χ4n) is 2.45. The molecule has 0 spiro atoms. The first-order valence-electron chi connectivity index (χ1n) is 6.41. The van der Waals surface area contributed by atoms with E-state index >= 15 is 0 Å². The number of aliphatic hydroxyl groups excluding tert-OH is 1. The fourth-order valence-corrected chi connectivity index (χ4v) is 5.62. The molecule has 0 heterocycles. The lowest BCUT2D eigenvalue weighted by Crippen LogP contribution is -2.26. The zero-order valence-electron chi connectivity index (χ0n) is 10.7. The monoisotopic (exact) mass is 331 g/mol. The summed E-state index contributed by atoms with van der Waals surface area (Å²) in [5.41, 5.74) is 0. The summed E-state index contributed by atoms with van der Waals surface area (Å²) in [5, 5.41) is 12.8. The Labute approximate surface area is 116 Å². The van der Waals surface area contributed by atoms with Crippen molar-refractivity contribution in [3.8, 4) is 0 Å². The van der Waals surface area contributed by atoms with Gasteiger partial charge in [-0.15, -0.1) is 0 Å². The van der Waals surface area contributed by atoms with Gasteiger partial charge in [-0.3, -0.25) is 9.65 Å². The van der Waals surface area contributed by atoms with Gasteiger partial charge in [0.05, 0.1) is 12.3 Å². The lowest BCUT2D eigenvalue weighted by Gasteiger charge is -2.25. The van der Waals surface area contributed by atoms with Crippen molar-refractivity contribution in [2.24, 2.45) is 5.92 Å². The molecule has 18 heavy (non-hydrogen) atoms. The van der Waals surface area contributed by atoms with Crippen molar-refractivity contribution in [2.75, 3.05) is 18.9 Å². The lowest BCUT2D eigenvalue weighted by molar-refractivity contribution is 0.198. The van der Waals surface area contributed by atoms with Crippen LogP contribution in [0, 0.1) is 5.92 Å². The van der Waals surface area contributed by atoms with Crippen molar-refractivity contribution in [3.63, 3.8) is 0 Å². The Bertz CT molecular complexity index is 284. The van der Waals surface area contributed by atoms with E-state index in [4.69, 9.17) is 0 Å². The molecular formula is C10H25NO3P4. The van der Waals surface area contributed by atoms with Gasteiger partial charge in [0.25, 0.3) is 0 Å². The van der Waals surface area contributed by atoms with Gasteiger partial charge in [0, 0.05) is 12.7 Å². The van der Waals surface area contributed by atoms with Gasteiger partial charge in [-0.25, -0.2) is 0 Å². The molecule has 1 fully saturated rings. The van der Waals surface area contributed by atoms with Gasteiger partial charge < -0.3 is 10.00 Å². The number of hydrogen-bond acceptors (Lipinski definition) is 3. The molecule has 0 aromatic heterocycles.